The molecule has 4 heterocycles. The zero-order valence-corrected chi connectivity index (χ0v) is 21.1. The second kappa shape index (κ2) is 9.85. The molecule has 1 aromatic heterocycles. The number of hydrazone groups is 1. The Kier molecular flexibility index (Phi) is 6.78. The summed E-state index contributed by atoms with van der Waals surface area (Å²) in [4.78, 5) is 42.4. The first-order valence-corrected chi connectivity index (χ1v) is 12.8. The summed E-state index contributed by atoms with van der Waals surface area (Å²) in [6.45, 7) is 3.39. The fourth-order valence-corrected chi connectivity index (χ4v) is 6.11. The molecule has 3 amide bonds. The summed E-state index contributed by atoms with van der Waals surface area (Å²) in [5.41, 5.74) is 2.77. The molecule has 2 bridgehead atoms. The van der Waals surface area contributed by atoms with Gasteiger partial charge in [-0.3, -0.25) is 9.59 Å². The highest BCUT2D eigenvalue weighted by molar-refractivity contribution is 6.35. The van der Waals surface area contributed by atoms with Gasteiger partial charge in [-0.05, 0) is 57.4 Å². The Labute approximate surface area is 214 Å². The average Bonchev–Trinajstić information content (AvgIpc) is 3.49. The first-order chi connectivity index (χ1) is 17.3. The van der Waals surface area contributed by atoms with E-state index < -0.39 is 23.5 Å². The van der Waals surface area contributed by atoms with Crippen LogP contribution in [0.3, 0.4) is 0 Å². The monoisotopic (exact) mass is 518 g/mol. The van der Waals surface area contributed by atoms with Crippen LogP contribution in [0.4, 0.5) is 10.6 Å². The van der Waals surface area contributed by atoms with Gasteiger partial charge in [0.1, 0.15) is 11.5 Å². The fourth-order valence-electron chi connectivity index (χ4n) is 5.87. The van der Waals surface area contributed by atoms with Crippen molar-refractivity contribution in [3.8, 4) is 0 Å². The van der Waals surface area contributed by atoms with Crippen molar-refractivity contribution in [3.05, 3.63) is 22.8 Å². The van der Waals surface area contributed by atoms with Crippen LogP contribution < -0.4 is 21.0 Å². The van der Waals surface area contributed by atoms with E-state index in [4.69, 9.17) is 21.1 Å². The molecule has 3 N–H and O–H groups in total. The highest BCUT2D eigenvalue weighted by atomic mass is 35.5. The van der Waals surface area contributed by atoms with Gasteiger partial charge in [0.2, 0.25) is 0 Å². The molecule has 0 unspecified atom stereocenters. The number of likely N-dealkylation sites (N-methyl/N-ethyl adjacent to an activating group) is 1. The predicted molar refractivity (Wildman–Crippen MR) is 132 cm³/mol. The van der Waals surface area contributed by atoms with Crippen molar-refractivity contribution in [2.24, 2.45) is 11.0 Å². The second-order valence-corrected chi connectivity index (χ2v) is 10.5. The number of nitrogens with one attached hydrogen (secondary N) is 3. The van der Waals surface area contributed by atoms with Crippen LogP contribution in [0, 0.1) is 5.92 Å². The van der Waals surface area contributed by atoms with Gasteiger partial charge in [0, 0.05) is 31.4 Å². The van der Waals surface area contributed by atoms with E-state index in [1.165, 1.54) is 7.05 Å². The van der Waals surface area contributed by atoms with Crippen LogP contribution in [0.1, 0.15) is 51.0 Å². The predicted octanol–water partition coefficient (Wildman–Crippen LogP) is 1.73. The standard InChI is InChI=1S/C24H31ClN6O5/c1-13(28-22(33)21(32)26-2)7-14-3-5-24(6-4-14)20(29-30-23(34)36-24)17-10-27-19(9-18(17)25)31-11-16-8-15(31)12-35-16/h9-10,13-16H,3-8,11-12H2,1-2H3,(H,26,32)(H,28,33)(H,30,34)/t13-,14?,15-,16-,24?/m0/s1. The lowest BCUT2D eigenvalue weighted by atomic mass is 9.73. The Morgan fingerprint density at radius 3 is 2.75 bits per heavy atom. The van der Waals surface area contributed by atoms with Crippen molar-refractivity contribution >= 4 is 41.0 Å². The Morgan fingerprint density at radius 1 is 1.33 bits per heavy atom. The number of anilines is 1. The van der Waals surface area contributed by atoms with Gasteiger partial charge in [-0.2, -0.15) is 5.10 Å². The molecule has 12 heteroatoms. The molecule has 0 radical (unpaired) electrons. The van der Waals surface area contributed by atoms with Gasteiger partial charge in [0.15, 0.2) is 5.60 Å². The van der Waals surface area contributed by atoms with E-state index in [1.54, 1.807) is 6.20 Å². The number of rotatable bonds is 5. The van der Waals surface area contributed by atoms with Gasteiger partial charge < -0.3 is 25.0 Å². The van der Waals surface area contributed by atoms with Crippen molar-refractivity contribution in [1.82, 2.24) is 21.0 Å². The molecule has 1 aromatic rings. The normalized spacial score (nSPS) is 29.9. The van der Waals surface area contributed by atoms with Crippen LogP contribution in [0.25, 0.3) is 0 Å². The number of amides is 3. The topological polar surface area (TPSA) is 134 Å². The van der Waals surface area contributed by atoms with Crippen LogP contribution in [0.5, 0.6) is 0 Å². The van der Waals surface area contributed by atoms with Crippen LogP contribution in [0.2, 0.25) is 5.02 Å². The van der Waals surface area contributed by atoms with Gasteiger partial charge in [-0.15, -0.1) is 0 Å². The lowest BCUT2D eigenvalue weighted by Gasteiger charge is -2.42. The second-order valence-electron chi connectivity index (χ2n) is 10.1. The van der Waals surface area contributed by atoms with Gasteiger partial charge >= 0.3 is 17.9 Å². The number of hydrogen-bond donors (Lipinski definition) is 3. The Balaban J connectivity index is 1.27. The largest absolute Gasteiger partial charge is 0.435 e. The van der Waals surface area contributed by atoms with Gasteiger partial charge in [0.05, 0.1) is 23.8 Å². The van der Waals surface area contributed by atoms with Crippen LogP contribution in [0.15, 0.2) is 17.4 Å². The Morgan fingerprint density at radius 2 is 2.11 bits per heavy atom. The smallest absolute Gasteiger partial charge is 0.428 e. The zero-order chi connectivity index (χ0) is 25.4. The summed E-state index contributed by atoms with van der Waals surface area (Å²) in [5.74, 6) is -0.187. The number of ether oxygens (including phenoxy) is 2. The highest BCUT2D eigenvalue weighted by Gasteiger charge is 2.47. The minimum absolute atomic E-state index is 0.157. The van der Waals surface area contributed by atoms with Crippen LogP contribution in [-0.4, -0.2) is 72.6 Å². The van der Waals surface area contributed by atoms with Crippen LogP contribution in [-0.2, 0) is 19.1 Å². The molecule has 3 atom stereocenters. The first kappa shape index (κ1) is 24.8. The molecule has 4 aliphatic rings. The fraction of sp³-hybridized carbons (Fsp3) is 0.625. The number of hydrogen-bond acceptors (Lipinski definition) is 8. The summed E-state index contributed by atoms with van der Waals surface area (Å²) in [5, 5.41) is 9.93. The Hall–Kier alpha value is -2.92. The maximum atomic E-state index is 12.2. The molecule has 1 aliphatic carbocycles. The van der Waals surface area contributed by atoms with Gasteiger partial charge in [-0.1, -0.05) is 11.6 Å². The van der Waals surface area contributed by atoms with Gasteiger partial charge in [-0.25, -0.2) is 15.2 Å². The van der Waals surface area contributed by atoms with E-state index in [0.29, 0.717) is 47.7 Å². The van der Waals surface area contributed by atoms with E-state index in [2.05, 4.69) is 31.0 Å². The number of carbonyl (C=O) groups excluding carboxylic acids is 3. The van der Waals surface area contributed by atoms with Crippen molar-refractivity contribution in [3.63, 3.8) is 0 Å². The molecule has 0 aromatic carbocycles. The molecule has 36 heavy (non-hydrogen) atoms. The first-order valence-electron chi connectivity index (χ1n) is 12.4. The number of carbonyl (C=O) groups is 3. The van der Waals surface area contributed by atoms with E-state index >= 15 is 0 Å². The summed E-state index contributed by atoms with van der Waals surface area (Å²) in [7, 11) is 1.42. The SMILES string of the molecule is CNC(=O)C(=O)N[C@@H](C)CC1CCC2(CC1)OC(=O)NN=C2c1cnc(N2C[C@@H]3C[C@H]2CO3)cc1Cl. The van der Waals surface area contributed by atoms with Crippen molar-refractivity contribution in [2.75, 3.05) is 25.1 Å². The minimum atomic E-state index is -0.888. The number of nitrogens with zero attached hydrogens (tertiary/aromatic N) is 3. The Bertz CT molecular complexity index is 1090. The molecule has 1 spiro atoms. The van der Waals surface area contributed by atoms with E-state index in [9.17, 15) is 14.4 Å². The third-order valence-electron chi connectivity index (χ3n) is 7.68. The zero-order valence-electron chi connectivity index (χ0n) is 20.4. The number of halogens is 1. The molecule has 11 nitrogen and oxygen atoms in total. The van der Waals surface area contributed by atoms with Crippen molar-refractivity contribution in [2.45, 2.75) is 69.2 Å². The minimum Gasteiger partial charge on any atom is -0.435 e. The molecule has 5 rings (SSSR count). The van der Waals surface area contributed by atoms with Crippen molar-refractivity contribution in [1.29, 1.82) is 0 Å². The number of pyridine rings is 1. The summed E-state index contributed by atoms with van der Waals surface area (Å²) in [6.07, 6.45) is 5.80. The molecule has 1 saturated carbocycles. The van der Waals surface area contributed by atoms with Crippen LogP contribution >= 0.6 is 11.6 Å². The molecule has 3 aliphatic heterocycles. The molecular weight excluding hydrogens is 488 g/mol. The van der Waals surface area contributed by atoms with Crippen molar-refractivity contribution < 1.29 is 23.9 Å². The quantitative estimate of drug-likeness (QED) is 0.505. The van der Waals surface area contributed by atoms with Gasteiger partial charge in [0.25, 0.3) is 0 Å². The summed E-state index contributed by atoms with van der Waals surface area (Å²) >= 11 is 6.75. The summed E-state index contributed by atoms with van der Waals surface area (Å²) in [6, 6.07) is 2.02. The number of aromatic nitrogens is 1. The van der Waals surface area contributed by atoms with E-state index in [1.807, 2.05) is 13.0 Å². The van der Waals surface area contributed by atoms with E-state index in [0.717, 1.165) is 38.0 Å². The summed E-state index contributed by atoms with van der Waals surface area (Å²) < 4.78 is 11.5. The average molecular weight is 519 g/mol. The third-order valence-corrected chi connectivity index (χ3v) is 7.99. The lowest BCUT2D eigenvalue weighted by molar-refractivity contribution is -0.139. The number of fused-ring (bicyclic) bond motifs is 2. The molecule has 2 saturated heterocycles. The highest BCUT2D eigenvalue weighted by Crippen LogP contribution is 2.42. The maximum Gasteiger partial charge on any atom is 0.428 e. The van der Waals surface area contributed by atoms with E-state index in [-0.39, 0.29) is 12.1 Å². The maximum absolute atomic E-state index is 12.2. The molecule has 194 valence electrons. The molecular formula is C24H31ClN6O5. The number of morpholine rings is 1. The molecule has 3 fully saturated rings. The lowest BCUT2D eigenvalue weighted by Crippen LogP contribution is -2.52. The third kappa shape index (κ3) is 4.73.